The highest BCUT2D eigenvalue weighted by Gasteiger charge is 2.23. The maximum Gasteiger partial charge on any atom is 0.186 e. The van der Waals surface area contributed by atoms with Crippen LogP contribution < -0.4 is 21.0 Å². The number of hydrogen-bond donors (Lipinski definition) is 2. The Bertz CT molecular complexity index is 600. The molecule has 0 aliphatic carbocycles. The summed E-state index contributed by atoms with van der Waals surface area (Å²) in [6.07, 6.45) is 0. The monoisotopic (exact) mass is 308 g/mol. The van der Waals surface area contributed by atoms with Crippen LogP contribution >= 0.6 is 14.6 Å². The second kappa shape index (κ2) is 6.07. The van der Waals surface area contributed by atoms with E-state index in [1.165, 1.54) is 0 Å². The van der Waals surface area contributed by atoms with E-state index < -0.39 is 14.6 Å². The third-order valence-electron chi connectivity index (χ3n) is 2.97. The summed E-state index contributed by atoms with van der Waals surface area (Å²) >= 11 is 0. The standard InChI is InChI=1S/C14H18N2O2P2/c1-19(17,13-9-5-3-6-10-13)15-16-20(2,18)14-11-7-4-8-12-14/h3-12H,1-2H3,(H,15,17)(H,16,18). The molecule has 0 aliphatic heterocycles. The molecule has 2 N–H and O–H groups in total. The van der Waals surface area contributed by atoms with Gasteiger partial charge < -0.3 is 9.13 Å². The molecule has 0 amide bonds. The summed E-state index contributed by atoms with van der Waals surface area (Å²) < 4.78 is 25.2. The van der Waals surface area contributed by atoms with Gasteiger partial charge in [-0.15, -0.1) is 0 Å². The van der Waals surface area contributed by atoms with Gasteiger partial charge in [0, 0.05) is 23.9 Å². The quantitative estimate of drug-likeness (QED) is 0.658. The van der Waals surface area contributed by atoms with Crippen LogP contribution in [0.2, 0.25) is 0 Å². The highest BCUT2D eigenvalue weighted by molar-refractivity contribution is 7.72. The minimum atomic E-state index is -2.80. The maximum atomic E-state index is 12.6. The first-order valence-electron chi connectivity index (χ1n) is 6.23. The van der Waals surface area contributed by atoms with E-state index in [0.29, 0.717) is 10.6 Å². The predicted octanol–water partition coefficient (Wildman–Crippen LogP) is 2.55. The molecule has 4 nitrogen and oxygen atoms in total. The molecule has 0 saturated heterocycles. The molecule has 0 heterocycles. The average Bonchev–Trinajstić information content (AvgIpc) is 2.47. The van der Waals surface area contributed by atoms with Crippen LogP contribution in [0.4, 0.5) is 0 Å². The Morgan fingerprint density at radius 1 is 0.650 bits per heavy atom. The summed E-state index contributed by atoms with van der Waals surface area (Å²) in [5, 5.41) is 6.90. The Labute approximate surface area is 119 Å². The molecule has 106 valence electrons. The molecule has 0 spiro atoms. The third-order valence-corrected chi connectivity index (χ3v) is 6.80. The van der Waals surface area contributed by atoms with E-state index in [-0.39, 0.29) is 0 Å². The van der Waals surface area contributed by atoms with Crippen molar-refractivity contribution in [2.45, 2.75) is 0 Å². The van der Waals surface area contributed by atoms with Gasteiger partial charge in [0.25, 0.3) is 0 Å². The van der Waals surface area contributed by atoms with Crippen LogP contribution in [0, 0.1) is 0 Å². The van der Waals surface area contributed by atoms with Crippen LogP contribution in [-0.2, 0) is 9.13 Å². The normalized spacial score (nSPS) is 17.1. The first-order valence-corrected chi connectivity index (χ1v) is 10.5. The van der Waals surface area contributed by atoms with Gasteiger partial charge in [0.15, 0.2) is 14.6 Å². The van der Waals surface area contributed by atoms with E-state index in [9.17, 15) is 9.13 Å². The van der Waals surface area contributed by atoms with Crippen molar-refractivity contribution in [2.75, 3.05) is 13.3 Å². The Balaban J connectivity index is 2.12. The number of hydrogen-bond acceptors (Lipinski definition) is 2. The SMILES string of the molecule is CP(=O)(NNP(C)(=O)c1ccccc1)c1ccccc1. The topological polar surface area (TPSA) is 58.2 Å². The molecule has 2 rings (SSSR count). The molecule has 6 heteroatoms. The summed E-state index contributed by atoms with van der Waals surface area (Å²) in [6.45, 7) is 3.22. The fraction of sp³-hybridized carbons (Fsp3) is 0.143. The van der Waals surface area contributed by atoms with Crippen LogP contribution in [0.25, 0.3) is 0 Å². The van der Waals surface area contributed by atoms with Crippen molar-refractivity contribution in [2.24, 2.45) is 0 Å². The smallest absolute Gasteiger partial charge is 0.186 e. The van der Waals surface area contributed by atoms with Crippen molar-refractivity contribution >= 4 is 25.2 Å². The Morgan fingerprint density at radius 3 is 1.25 bits per heavy atom. The number of hydrazine groups is 1. The van der Waals surface area contributed by atoms with Gasteiger partial charge in [0.2, 0.25) is 0 Å². The Hall–Kier alpha value is -1.18. The van der Waals surface area contributed by atoms with E-state index in [1.54, 1.807) is 37.6 Å². The summed E-state index contributed by atoms with van der Waals surface area (Å²) in [7, 11) is -5.59. The number of nitrogens with one attached hydrogen (secondary N) is 2. The lowest BCUT2D eigenvalue weighted by atomic mass is 10.4. The lowest BCUT2D eigenvalue weighted by molar-refractivity contribution is 0.559. The van der Waals surface area contributed by atoms with Gasteiger partial charge in [0.1, 0.15) is 0 Å². The fourth-order valence-electron chi connectivity index (χ4n) is 1.74. The Kier molecular flexibility index (Phi) is 4.62. The van der Waals surface area contributed by atoms with Gasteiger partial charge in [-0.1, -0.05) is 60.7 Å². The van der Waals surface area contributed by atoms with Crippen molar-refractivity contribution in [3.05, 3.63) is 60.7 Å². The van der Waals surface area contributed by atoms with Crippen LogP contribution in [-0.4, -0.2) is 13.3 Å². The lowest BCUT2D eigenvalue weighted by Crippen LogP contribution is -2.32. The maximum absolute atomic E-state index is 12.6. The molecule has 0 fully saturated rings. The number of rotatable bonds is 5. The van der Waals surface area contributed by atoms with Crippen LogP contribution in [0.3, 0.4) is 0 Å². The minimum Gasteiger partial charge on any atom is -0.301 e. The fourth-order valence-corrected chi connectivity index (χ4v) is 5.01. The van der Waals surface area contributed by atoms with Gasteiger partial charge in [-0.3, -0.25) is 0 Å². The van der Waals surface area contributed by atoms with Crippen molar-refractivity contribution in [3.8, 4) is 0 Å². The second-order valence-electron chi connectivity index (χ2n) is 4.74. The second-order valence-corrected chi connectivity index (χ2v) is 9.92. The van der Waals surface area contributed by atoms with Crippen LogP contribution in [0.1, 0.15) is 0 Å². The van der Waals surface area contributed by atoms with Crippen LogP contribution in [0.5, 0.6) is 0 Å². The van der Waals surface area contributed by atoms with Crippen molar-refractivity contribution in [1.82, 2.24) is 10.4 Å². The molecular weight excluding hydrogens is 290 g/mol. The lowest BCUT2D eigenvalue weighted by Gasteiger charge is -2.20. The van der Waals surface area contributed by atoms with Gasteiger partial charge >= 0.3 is 0 Å². The summed E-state index contributed by atoms with van der Waals surface area (Å²) in [5.74, 6) is 0. The van der Waals surface area contributed by atoms with Gasteiger partial charge in [0.05, 0.1) is 0 Å². The van der Waals surface area contributed by atoms with Gasteiger partial charge in [-0.2, -0.15) is 10.4 Å². The van der Waals surface area contributed by atoms with Crippen molar-refractivity contribution < 1.29 is 9.13 Å². The Morgan fingerprint density at radius 2 is 0.950 bits per heavy atom. The molecule has 2 aromatic rings. The summed E-state index contributed by atoms with van der Waals surface area (Å²) in [5.41, 5.74) is 0. The minimum absolute atomic E-state index is 0.695. The zero-order chi connectivity index (χ0) is 14.6. The van der Waals surface area contributed by atoms with E-state index in [2.05, 4.69) is 10.4 Å². The molecule has 20 heavy (non-hydrogen) atoms. The van der Waals surface area contributed by atoms with E-state index in [1.807, 2.05) is 36.4 Å². The zero-order valence-electron chi connectivity index (χ0n) is 11.5. The van der Waals surface area contributed by atoms with E-state index >= 15 is 0 Å². The largest absolute Gasteiger partial charge is 0.301 e. The molecule has 0 radical (unpaired) electrons. The highest BCUT2D eigenvalue weighted by Crippen LogP contribution is 2.39. The molecule has 0 saturated carbocycles. The molecule has 0 bridgehead atoms. The molecule has 2 atom stereocenters. The predicted molar refractivity (Wildman–Crippen MR) is 85.5 cm³/mol. The third kappa shape index (κ3) is 3.68. The molecular formula is C14H18N2O2P2. The van der Waals surface area contributed by atoms with Crippen LogP contribution in [0.15, 0.2) is 60.7 Å². The highest BCUT2D eigenvalue weighted by atomic mass is 31.2. The molecule has 2 aromatic carbocycles. The summed E-state index contributed by atoms with van der Waals surface area (Å²) in [4.78, 5) is 0. The molecule has 0 aromatic heterocycles. The number of benzene rings is 2. The van der Waals surface area contributed by atoms with Gasteiger partial charge in [-0.25, -0.2) is 0 Å². The average molecular weight is 308 g/mol. The van der Waals surface area contributed by atoms with Gasteiger partial charge in [-0.05, 0) is 0 Å². The van der Waals surface area contributed by atoms with E-state index in [4.69, 9.17) is 0 Å². The molecule has 0 aliphatic rings. The zero-order valence-corrected chi connectivity index (χ0v) is 13.3. The summed E-state index contributed by atoms with van der Waals surface area (Å²) in [6, 6.07) is 18.2. The first-order chi connectivity index (χ1) is 9.42. The van der Waals surface area contributed by atoms with Crippen molar-refractivity contribution in [1.29, 1.82) is 0 Å². The molecule has 2 unspecified atom stereocenters. The van der Waals surface area contributed by atoms with E-state index in [0.717, 1.165) is 0 Å². The first kappa shape index (κ1) is 15.2. The van der Waals surface area contributed by atoms with Crippen molar-refractivity contribution in [3.63, 3.8) is 0 Å².